The number of benzene rings is 2. The van der Waals surface area contributed by atoms with Gasteiger partial charge < -0.3 is 29.4 Å². The number of rotatable bonds is 5. The van der Waals surface area contributed by atoms with Gasteiger partial charge in [0, 0.05) is 11.6 Å². The van der Waals surface area contributed by atoms with E-state index >= 15 is 0 Å². The molecule has 0 aromatic heterocycles. The molecule has 0 spiro atoms. The number of allylic oxidation sites excluding steroid dienone is 1. The molecule has 6 N–H and O–H groups in total. The van der Waals surface area contributed by atoms with Crippen molar-refractivity contribution in [3.05, 3.63) is 76.8 Å². The second-order valence-corrected chi connectivity index (χ2v) is 9.42. The maximum Gasteiger partial charge on any atom is 0.466 e. The van der Waals surface area contributed by atoms with Crippen molar-refractivity contribution in [3.8, 4) is 0 Å². The number of nitrogens with zero attached hydrogens (tertiary/aromatic N) is 1. The minimum Gasteiger partial charge on any atom is -0.303 e. The molecule has 0 aliphatic carbocycles. The smallest absolute Gasteiger partial charge is 0.303 e. The van der Waals surface area contributed by atoms with Crippen LogP contribution in [0.3, 0.4) is 0 Å². The first-order valence-electron chi connectivity index (χ1n) is 9.59. The van der Waals surface area contributed by atoms with Crippen LogP contribution >= 0.6 is 27.2 Å². The van der Waals surface area contributed by atoms with Gasteiger partial charge in [0.15, 0.2) is 0 Å². The van der Waals surface area contributed by atoms with Gasteiger partial charge in [0.05, 0.1) is 0 Å². The van der Waals surface area contributed by atoms with Crippen molar-refractivity contribution in [2.45, 2.75) is 19.3 Å². The monoisotopic (exact) mass is 507 g/mol. The summed E-state index contributed by atoms with van der Waals surface area (Å²) in [7, 11) is -9.28. The van der Waals surface area contributed by atoms with E-state index in [0.29, 0.717) is 0 Å². The SMILES string of the molecule is Clc1ccc(CC(=CCN2CCCC2)c2ccccc2)cc1.O=P(O)(O)O.O=P(O)(O)O. The molecule has 1 heterocycles. The van der Waals surface area contributed by atoms with Gasteiger partial charge in [0.2, 0.25) is 0 Å². The molecule has 3 rings (SSSR count). The molecule has 2 aromatic carbocycles. The lowest BCUT2D eigenvalue weighted by Crippen LogP contribution is -2.19. The van der Waals surface area contributed by atoms with Gasteiger partial charge in [0.25, 0.3) is 0 Å². The maximum atomic E-state index is 8.88. The van der Waals surface area contributed by atoms with Crippen LogP contribution in [0, 0.1) is 0 Å². The van der Waals surface area contributed by atoms with Gasteiger partial charge in [-0.05, 0) is 61.2 Å². The molecule has 9 nitrogen and oxygen atoms in total. The highest BCUT2D eigenvalue weighted by Gasteiger charge is 2.11. The summed E-state index contributed by atoms with van der Waals surface area (Å²) in [6.07, 6.45) is 6.03. The molecule has 178 valence electrons. The van der Waals surface area contributed by atoms with Crippen LogP contribution in [0.15, 0.2) is 60.7 Å². The minimum absolute atomic E-state index is 0.797. The molecule has 0 bridgehead atoms. The molecule has 0 unspecified atom stereocenters. The third-order valence-electron chi connectivity index (χ3n) is 4.25. The van der Waals surface area contributed by atoms with E-state index in [1.165, 1.54) is 42.6 Å². The van der Waals surface area contributed by atoms with Crippen LogP contribution in [-0.2, 0) is 15.6 Å². The summed E-state index contributed by atoms with van der Waals surface area (Å²) in [6.45, 7) is 3.52. The quantitative estimate of drug-likeness (QED) is 0.334. The van der Waals surface area contributed by atoms with E-state index in [1.54, 1.807) is 0 Å². The van der Waals surface area contributed by atoms with E-state index in [4.69, 9.17) is 50.1 Å². The number of hydrogen-bond acceptors (Lipinski definition) is 3. The number of likely N-dealkylation sites (tertiary alicyclic amines) is 1. The number of hydrogen-bond donors (Lipinski definition) is 6. The Bertz CT molecular complexity index is 886. The van der Waals surface area contributed by atoms with Crippen molar-refractivity contribution in [1.29, 1.82) is 0 Å². The molecule has 1 fully saturated rings. The fourth-order valence-corrected chi connectivity index (χ4v) is 3.10. The molecule has 0 radical (unpaired) electrons. The largest absolute Gasteiger partial charge is 0.466 e. The van der Waals surface area contributed by atoms with E-state index in [9.17, 15) is 0 Å². The summed E-state index contributed by atoms with van der Waals surface area (Å²) >= 11 is 5.99. The van der Waals surface area contributed by atoms with Gasteiger partial charge in [-0.1, -0.05) is 60.1 Å². The van der Waals surface area contributed by atoms with E-state index in [-0.39, 0.29) is 0 Å². The number of halogens is 1. The zero-order valence-electron chi connectivity index (χ0n) is 17.2. The average Bonchev–Trinajstić information content (AvgIpc) is 3.18. The van der Waals surface area contributed by atoms with Crippen LogP contribution in [0.5, 0.6) is 0 Å². The Morgan fingerprint density at radius 2 is 1.31 bits per heavy atom. The average molecular weight is 508 g/mol. The Labute approximate surface area is 192 Å². The van der Waals surface area contributed by atoms with Gasteiger partial charge in [-0.25, -0.2) is 9.13 Å². The molecular weight excluding hydrogens is 480 g/mol. The normalized spacial score (nSPS) is 14.8. The van der Waals surface area contributed by atoms with Crippen molar-refractivity contribution < 1.29 is 38.5 Å². The lowest BCUT2D eigenvalue weighted by atomic mass is 9.98. The third kappa shape index (κ3) is 16.3. The first-order valence-corrected chi connectivity index (χ1v) is 13.1. The first kappa shape index (κ1) is 28.7. The molecule has 12 heteroatoms. The molecular formula is C20H28ClNO8P2. The molecule has 2 aromatic rings. The summed E-state index contributed by atoms with van der Waals surface area (Å²) in [5.74, 6) is 0. The van der Waals surface area contributed by atoms with Gasteiger partial charge in [0.1, 0.15) is 0 Å². The fourth-order valence-electron chi connectivity index (χ4n) is 2.97. The van der Waals surface area contributed by atoms with Crippen molar-refractivity contribution in [1.82, 2.24) is 4.90 Å². The van der Waals surface area contributed by atoms with Crippen LogP contribution in [-0.4, -0.2) is 53.9 Å². The van der Waals surface area contributed by atoms with Crippen LogP contribution in [0.1, 0.15) is 24.0 Å². The Hall–Kier alpha value is -1.35. The van der Waals surface area contributed by atoms with Crippen molar-refractivity contribution in [3.63, 3.8) is 0 Å². The Morgan fingerprint density at radius 3 is 1.78 bits per heavy atom. The molecule has 1 saturated heterocycles. The molecule has 0 atom stereocenters. The topological polar surface area (TPSA) is 159 Å². The first-order chi connectivity index (χ1) is 14.8. The van der Waals surface area contributed by atoms with Crippen LogP contribution in [0.25, 0.3) is 5.57 Å². The van der Waals surface area contributed by atoms with Crippen molar-refractivity contribution in [2.75, 3.05) is 19.6 Å². The highest BCUT2D eigenvalue weighted by molar-refractivity contribution is 7.45. The van der Waals surface area contributed by atoms with Crippen molar-refractivity contribution in [2.24, 2.45) is 0 Å². The minimum atomic E-state index is -4.64. The summed E-state index contributed by atoms with van der Waals surface area (Å²) < 4.78 is 17.8. The third-order valence-corrected chi connectivity index (χ3v) is 4.50. The van der Waals surface area contributed by atoms with E-state index in [0.717, 1.165) is 18.0 Å². The lowest BCUT2D eigenvalue weighted by molar-refractivity contribution is 0.272. The Balaban J connectivity index is 0.000000431. The zero-order chi connectivity index (χ0) is 24.2. The predicted molar refractivity (Wildman–Crippen MR) is 124 cm³/mol. The number of phosphoric acid groups is 2. The molecule has 1 aliphatic rings. The second kappa shape index (κ2) is 14.0. The van der Waals surface area contributed by atoms with Crippen LogP contribution < -0.4 is 0 Å². The van der Waals surface area contributed by atoms with Crippen molar-refractivity contribution >= 4 is 32.8 Å². The van der Waals surface area contributed by atoms with Gasteiger partial charge >= 0.3 is 15.6 Å². The highest BCUT2D eigenvalue weighted by atomic mass is 35.5. The fraction of sp³-hybridized carbons (Fsp3) is 0.300. The maximum absolute atomic E-state index is 8.88. The summed E-state index contributed by atoms with van der Waals surface area (Å²) in [5, 5.41) is 0.797. The zero-order valence-corrected chi connectivity index (χ0v) is 19.8. The van der Waals surface area contributed by atoms with E-state index < -0.39 is 15.6 Å². The van der Waals surface area contributed by atoms with Crippen LogP contribution in [0.4, 0.5) is 0 Å². The van der Waals surface area contributed by atoms with E-state index in [1.807, 2.05) is 12.1 Å². The highest BCUT2D eigenvalue weighted by Crippen LogP contribution is 2.26. The van der Waals surface area contributed by atoms with Gasteiger partial charge in [-0.2, -0.15) is 0 Å². The summed E-state index contributed by atoms with van der Waals surface area (Å²) in [5.41, 5.74) is 4.02. The van der Waals surface area contributed by atoms with E-state index in [2.05, 4.69) is 53.4 Å². The standard InChI is InChI=1S/C20H22ClN.2H3O4P/c21-20-10-8-17(9-11-20)16-19(18-6-2-1-3-7-18)12-15-22-13-4-5-14-22;2*1-5(2,3)4/h1-3,6-12H,4-5,13-16H2;2*(H3,1,2,3,4). The summed E-state index contributed by atoms with van der Waals surface area (Å²) in [4.78, 5) is 45.7. The summed E-state index contributed by atoms with van der Waals surface area (Å²) in [6, 6.07) is 18.9. The molecule has 1 aliphatic heterocycles. The van der Waals surface area contributed by atoms with Gasteiger partial charge in [-0.15, -0.1) is 0 Å². The molecule has 0 amide bonds. The molecule has 0 saturated carbocycles. The Kier molecular flexibility index (Phi) is 12.6. The predicted octanol–water partition coefficient (Wildman–Crippen LogP) is 3.20. The van der Waals surface area contributed by atoms with Crippen LogP contribution in [0.2, 0.25) is 5.02 Å². The molecule has 32 heavy (non-hydrogen) atoms. The lowest BCUT2D eigenvalue weighted by Gasteiger charge is -2.14. The Morgan fingerprint density at radius 1 is 0.844 bits per heavy atom. The second-order valence-electron chi connectivity index (χ2n) is 6.93. The van der Waals surface area contributed by atoms with Gasteiger partial charge in [-0.3, -0.25) is 4.90 Å².